The van der Waals surface area contributed by atoms with E-state index in [0.29, 0.717) is 28.5 Å². The van der Waals surface area contributed by atoms with Crippen LogP contribution in [0.2, 0.25) is 5.02 Å². The Morgan fingerprint density at radius 3 is 2.81 bits per heavy atom. The third kappa shape index (κ3) is 2.63. The Morgan fingerprint density at radius 1 is 1.14 bits per heavy atom. The Morgan fingerprint density at radius 2 is 2.00 bits per heavy atom. The molecule has 21 heavy (non-hydrogen) atoms. The fourth-order valence-electron chi connectivity index (χ4n) is 2.53. The van der Waals surface area contributed by atoms with Gasteiger partial charge in [-0.2, -0.15) is 5.26 Å². The van der Waals surface area contributed by atoms with Crippen LogP contribution in [0.4, 0.5) is 0 Å². The molecule has 4 heteroatoms. The molecule has 0 N–H and O–H groups in total. The van der Waals surface area contributed by atoms with Crippen molar-refractivity contribution in [1.82, 2.24) is 0 Å². The molecule has 0 bridgehead atoms. The molecule has 0 fully saturated rings. The zero-order valence-corrected chi connectivity index (χ0v) is 12.0. The number of fused-ring (bicyclic) bond motifs is 1. The van der Waals surface area contributed by atoms with Gasteiger partial charge in [-0.3, -0.25) is 4.79 Å². The Kier molecular flexibility index (Phi) is 3.64. The van der Waals surface area contributed by atoms with Gasteiger partial charge in [0.05, 0.1) is 5.56 Å². The summed E-state index contributed by atoms with van der Waals surface area (Å²) >= 11 is 5.96. The maximum absolute atomic E-state index is 11.9. The minimum absolute atomic E-state index is 0.147. The molecule has 104 valence electrons. The van der Waals surface area contributed by atoms with E-state index in [1.54, 1.807) is 24.3 Å². The lowest BCUT2D eigenvalue weighted by Gasteiger charge is -2.18. The van der Waals surface area contributed by atoms with Crippen molar-refractivity contribution in [1.29, 1.82) is 5.26 Å². The molecular formula is C17H12ClNO2. The molecule has 0 heterocycles. The molecule has 0 aliphatic heterocycles. The number of carbonyl (C=O) groups is 1. The van der Waals surface area contributed by atoms with E-state index in [1.807, 2.05) is 12.1 Å². The first-order valence-electron chi connectivity index (χ1n) is 6.71. The predicted octanol–water partition coefficient (Wildman–Crippen LogP) is 4.52. The van der Waals surface area contributed by atoms with Gasteiger partial charge in [-0.05, 0) is 31.0 Å². The highest BCUT2D eigenvalue weighted by molar-refractivity contribution is 6.30. The van der Waals surface area contributed by atoms with Crippen molar-refractivity contribution in [3.05, 3.63) is 58.1 Å². The lowest BCUT2D eigenvalue weighted by molar-refractivity contribution is 0.0972. The molecule has 3 nitrogen and oxygen atoms in total. The maximum atomic E-state index is 11.9. The number of ketones is 1. The molecule has 0 amide bonds. The lowest BCUT2D eigenvalue weighted by Crippen LogP contribution is -2.11. The number of hydrogen-bond donors (Lipinski definition) is 0. The summed E-state index contributed by atoms with van der Waals surface area (Å²) < 4.78 is 5.87. The SMILES string of the molecule is N#Cc1ccc(Cl)cc1Oc1cccc2c1CCCC2=O. The van der Waals surface area contributed by atoms with Gasteiger partial charge in [0.2, 0.25) is 0 Å². The summed E-state index contributed by atoms with van der Waals surface area (Å²) in [6.07, 6.45) is 2.21. The Labute approximate surface area is 127 Å². The van der Waals surface area contributed by atoms with Crippen LogP contribution in [0.25, 0.3) is 0 Å². The third-order valence-corrected chi connectivity index (χ3v) is 3.78. The topological polar surface area (TPSA) is 50.1 Å². The minimum Gasteiger partial charge on any atom is -0.456 e. The van der Waals surface area contributed by atoms with Gasteiger partial charge in [-0.15, -0.1) is 0 Å². The molecule has 0 unspecified atom stereocenters. The molecule has 2 aromatic carbocycles. The van der Waals surface area contributed by atoms with Gasteiger partial charge >= 0.3 is 0 Å². The average Bonchev–Trinajstić information content (AvgIpc) is 2.49. The maximum Gasteiger partial charge on any atom is 0.163 e. The van der Waals surface area contributed by atoms with Crippen LogP contribution in [0.3, 0.4) is 0 Å². The fourth-order valence-corrected chi connectivity index (χ4v) is 2.69. The van der Waals surface area contributed by atoms with Crippen molar-refractivity contribution in [3.63, 3.8) is 0 Å². The molecule has 0 aromatic heterocycles. The molecule has 0 spiro atoms. The quantitative estimate of drug-likeness (QED) is 0.818. The van der Waals surface area contributed by atoms with Gasteiger partial charge in [0.15, 0.2) is 5.78 Å². The van der Waals surface area contributed by atoms with Crippen LogP contribution >= 0.6 is 11.6 Å². The Bertz CT molecular complexity index is 762. The van der Waals surface area contributed by atoms with Gasteiger partial charge in [-0.1, -0.05) is 23.7 Å². The Balaban J connectivity index is 2.04. The van der Waals surface area contributed by atoms with Crippen LogP contribution in [0.5, 0.6) is 11.5 Å². The van der Waals surface area contributed by atoms with Gasteiger partial charge in [-0.25, -0.2) is 0 Å². The molecular weight excluding hydrogens is 286 g/mol. The van der Waals surface area contributed by atoms with Crippen molar-refractivity contribution >= 4 is 17.4 Å². The van der Waals surface area contributed by atoms with Crippen molar-refractivity contribution in [3.8, 4) is 17.6 Å². The number of ether oxygens (including phenoxy) is 1. The summed E-state index contributed by atoms with van der Waals surface area (Å²) in [6, 6.07) is 12.4. The molecule has 0 saturated carbocycles. The van der Waals surface area contributed by atoms with Crippen LogP contribution in [0, 0.1) is 11.3 Å². The Hall–Kier alpha value is -2.31. The highest BCUT2D eigenvalue weighted by Gasteiger charge is 2.21. The van der Waals surface area contributed by atoms with E-state index in [-0.39, 0.29) is 5.78 Å². The van der Waals surface area contributed by atoms with E-state index in [2.05, 4.69) is 6.07 Å². The molecule has 1 aliphatic rings. The summed E-state index contributed by atoms with van der Waals surface area (Å²) in [5.74, 6) is 1.18. The first-order valence-corrected chi connectivity index (χ1v) is 7.09. The highest BCUT2D eigenvalue weighted by atomic mass is 35.5. The first kappa shape index (κ1) is 13.7. The fraction of sp³-hybridized carbons (Fsp3) is 0.176. The van der Waals surface area contributed by atoms with E-state index in [4.69, 9.17) is 21.6 Å². The monoisotopic (exact) mass is 297 g/mol. The largest absolute Gasteiger partial charge is 0.456 e. The number of nitriles is 1. The van der Waals surface area contributed by atoms with Crippen molar-refractivity contribution in [2.75, 3.05) is 0 Å². The second kappa shape index (κ2) is 5.59. The lowest BCUT2D eigenvalue weighted by atomic mass is 9.90. The molecule has 0 saturated heterocycles. The number of halogens is 1. The van der Waals surface area contributed by atoms with Gasteiger partial charge in [0.25, 0.3) is 0 Å². The van der Waals surface area contributed by atoms with Crippen LogP contribution in [0.15, 0.2) is 36.4 Å². The van der Waals surface area contributed by atoms with E-state index >= 15 is 0 Å². The zero-order valence-electron chi connectivity index (χ0n) is 11.2. The first-order chi connectivity index (χ1) is 10.2. The van der Waals surface area contributed by atoms with Crippen LogP contribution in [-0.4, -0.2) is 5.78 Å². The summed E-state index contributed by atoms with van der Waals surface area (Å²) in [6.45, 7) is 0. The zero-order chi connectivity index (χ0) is 14.8. The molecule has 3 rings (SSSR count). The number of benzene rings is 2. The highest BCUT2D eigenvalue weighted by Crippen LogP contribution is 2.34. The number of carbonyl (C=O) groups excluding carboxylic acids is 1. The van der Waals surface area contributed by atoms with E-state index in [9.17, 15) is 4.79 Å². The predicted molar refractivity (Wildman–Crippen MR) is 80.0 cm³/mol. The van der Waals surface area contributed by atoms with Crippen LogP contribution in [0.1, 0.15) is 34.3 Å². The number of rotatable bonds is 2. The molecule has 2 aromatic rings. The molecule has 1 aliphatic carbocycles. The third-order valence-electron chi connectivity index (χ3n) is 3.55. The van der Waals surface area contributed by atoms with Gasteiger partial charge in [0, 0.05) is 28.6 Å². The standard InChI is InChI=1S/C17H12ClNO2/c18-12-8-7-11(10-19)17(9-12)21-16-6-2-3-13-14(16)4-1-5-15(13)20/h2-3,6-9H,1,4-5H2. The summed E-state index contributed by atoms with van der Waals surface area (Å²) in [5, 5.41) is 9.65. The summed E-state index contributed by atoms with van der Waals surface area (Å²) in [4.78, 5) is 11.9. The second-order valence-corrected chi connectivity index (χ2v) is 5.35. The van der Waals surface area contributed by atoms with Crippen molar-refractivity contribution in [2.45, 2.75) is 19.3 Å². The normalized spacial score (nSPS) is 13.4. The van der Waals surface area contributed by atoms with Crippen LogP contribution < -0.4 is 4.74 Å². The molecule has 0 atom stereocenters. The number of Topliss-reactive ketones (excluding diaryl/α,β-unsaturated/α-hetero) is 1. The number of hydrogen-bond acceptors (Lipinski definition) is 3. The van der Waals surface area contributed by atoms with Gasteiger partial charge < -0.3 is 4.74 Å². The smallest absolute Gasteiger partial charge is 0.163 e. The van der Waals surface area contributed by atoms with E-state index < -0.39 is 0 Å². The molecule has 0 radical (unpaired) electrons. The van der Waals surface area contributed by atoms with E-state index in [0.717, 1.165) is 24.0 Å². The summed E-state index contributed by atoms with van der Waals surface area (Å²) in [5.41, 5.74) is 2.05. The second-order valence-electron chi connectivity index (χ2n) is 4.91. The van der Waals surface area contributed by atoms with E-state index in [1.165, 1.54) is 0 Å². The number of nitrogens with zero attached hydrogens (tertiary/aromatic N) is 1. The van der Waals surface area contributed by atoms with Crippen molar-refractivity contribution < 1.29 is 9.53 Å². The van der Waals surface area contributed by atoms with Gasteiger partial charge in [0.1, 0.15) is 17.6 Å². The van der Waals surface area contributed by atoms with Crippen LogP contribution in [-0.2, 0) is 6.42 Å². The summed E-state index contributed by atoms with van der Waals surface area (Å²) in [7, 11) is 0. The minimum atomic E-state index is 0.147. The average molecular weight is 298 g/mol. The van der Waals surface area contributed by atoms with Crippen molar-refractivity contribution in [2.24, 2.45) is 0 Å².